The van der Waals surface area contributed by atoms with Crippen LogP contribution < -0.4 is 25.6 Å². The summed E-state index contributed by atoms with van der Waals surface area (Å²) in [5, 5.41) is 26.7. The highest BCUT2D eigenvalue weighted by Gasteiger charge is 2.42. The summed E-state index contributed by atoms with van der Waals surface area (Å²) in [4.78, 5) is 46.0. The number of phenolic OH excluding ortho intramolecular Hbond substituents is 1. The second-order valence-electron chi connectivity index (χ2n) is 15.9. The molecule has 15 nitrogen and oxygen atoms in total. The van der Waals surface area contributed by atoms with E-state index < -0.39 is 5.92 Å². The van der Waals surface area contributed by atoms with Crippen LogP contribution in [0.2, 0.25) is 0 Å². The van der Waals surface area contributed by atoms with Crippen molar-refractivity contribution < 1.29 is 28.6 Å². The Kier molecular flexibility index (Phi) is 10.2. The number of aromatic nitrogens is 4. The molecule has 4 saturated heterocycles. The number of nitrogens with one attached hydrogen (secondary N) is 1. The van der Waals surface area contributed by atoms with Crippen LogP contribution >= 0.6 is 0 Å². The molecule has 0 radical (unpaired) electrons. The number of carbonyl (C=O) groups is 3. The number of anilines is 3. The van der Waals surface area contributed by atoms with Gasteiger partial charge in [-0.15, -0.1) is 10.2 Å². The van der Waals surface area contributed by atoms with Gasteiger partial charge in [-0.05, 0) is 61.2 Å². The van der Waals surface area contributed by atoms with E-state index in [2.05, 4.69) is 35.3 Å². The molecule has 306 valence electrons. The molecular weight excluding hydrogens is 756 g/mol. The summed E-state index contributed by atoms with van der Waals surface area (Å²) < 4.78 is 23.9. The van der Waals surface area contributed by atoms with E-state index >= 15 is 4.39 Å². The van der Waals surface area contributed by atoms with Crippen molar-refractivity contribution >= 4 is 45.8 Å². The molecule has 16 heteroatoms. The van der Waals surface area contributed by atoms with Gasteiger partial charge in [0, 0.05) is 82.3 Å². The molecule has 4 aliphatic rings. The SMILES string of the molecule is Cn1nc(C2CCC(=O)NC2=O)c2ccc(CC(=O)N3CCN(CCOc4cccc(N5[C@@H]6CC[C@H]5CN(c5cc(-c7ccccc7O)nnc5N)C6)c4F)CC3)cc21. The van der Waals surface area contributed by atoms with Crippen LogP contribution in [-0.4, -0.2) is 117 Å². The van der Waals surface area contributed by atoms with Gasteiger partial charge < -0.3 is 30.3 Å². The normalized spacial score (nSPS) is 21.0. The second-order valence-corrected chi connectivity index (χ2v) is 15.9. The number of hydrogen-bond acceptors (Lipinski definition) is 12. The van der Waals surface area contributed by atoms with Gasteiger partial charge in [0.15, 0.2) is 17.4 Å². The van der Waals surface area contributed by atoms with Gasteiger partial charge in [-0.2, -0.15) is 5.10 Å². The summed E-state index contributed by atoms with van der Waals surface area (Å²) in [5.41, 5.74) is 11.1. The maximum absolute atomic E-state index is 16.2. The fourth-order valence-electron chi connectivity index (χ4n) is 9.21. The lowest BCUT2D eigenvalue weighted by molar-refractivity contribution is -0.134. The zero-order chi connectivity index (χ0) is 40.8. The zero-order valence-corrected chi connectivity index (χ0v) is 32.9. The van der Waals surface area contributed by atoms with Crippen LogP contribution in [0.1, 0.15) is 42.9 Å². The fourth-order valence-corrected chi connectivity index (χ4v) is 9.21. The Morgan fingerprint density at radius 3 is 2.49 bits per heavy atom. The van der Waals surface area contributed by atoms with Gasteiger partial charge in [-0.25, -0.2) is 4.39 Å². The number of halogens is 1. The number of nitrogens with two attached hydrogens (primary N) is 1. The van der Waals surface area contributed by atoms with Crippen LogP contribution in [0.3, 0.4) is 0 Å². The average Bonchev–Trinajstić information content (AvgIpc) is 3.69. The van der Waals surface area contributed by atoms with Gasteiger partial charge in [0.1, 0.15) is 12.4 Å². The topological polar surface area (TPSA) is 175 Å². The van der Waals surface area contributed by atoms with E-state index in [4.69, 9.17) is 10.5 Å². The van der Waals surface area contributed by atoms with E-state index in [0.717, 1.165) is 35.0 Å². The molecule has 2 bridgehead atoms. The Balaban J connectivity index is 0.771. The van der Waals surface area contributed by atoms with Crippen LogP contribution in [0.15, 0.2) is 66.7 Å². The number of ether oxygens (including phenoxy) is 1. The van der Waals surface area contributed by atoms with Gasteiger partial charge in [-0.1, -0.05) is 30.3 Å². The lowest BCUT2D eigenvalue weighted by Crippen LogP contribution is -2.54. The highest BCUT2D eigenvalue weighted by atomic mass is 19.1. The predicted molar refractivity (Wildman–Crippen MR) is 220 cm³/mol. The first-order valence-corrected chi connectivity index (χ1v) is 20.3. The number of piperazine rings is 2. The van der Waals surface area contributed by atoms with E-state index in [9.17, 15) is 19.5 Å². The van der Waals surface area contributed by atoms with Crippen LogP contribution in [0.4, 0.5) is 21.6 Å². The standard InChI is InChI=1S/C43H47FN10O5/c1-50-34-21-26(9-12-30(34)41(49-50)31-13-14-38(56)46-43(31)58)22-39(57)52-17-15-51(16-18-52)19-20-59-37-8-4-6-33(40(37)44)54-27-10-11-28(54)25-53(24-27)35-23-32(47-48-42(35)45)29-5-2-3-7-36(29)55/h2-9,12,21,23,27-28,31,55H,10-11,13-20,22,24-25H2,1H3,(H2,45,48)(H,46,56,58)/t27-,28+,31?. The molecule has 6 heterocycles. The molecule has 2 aromatic heterocycles. The monoisotopic (exact) mass is 802 g/mol. The fraction of sp³-hybridized carbons (Fsp3) is 0.395. The minimum atomic E-state index is -0.483. The number of phenols is 1. The molecule has 9 rings (SSSR count). The molecule has 1 unspecified atom stereocenters. The van der Waals surface area contributed by atoms with Gasteiger partial charge in [0.05, 0.1) is 40.6 Å². The van der Waals surface area contributed by atoms with Crippen molar-refractivity contribution in [3.63, 3.8) is 0 Å². The molecule has 3 aromatic carbocycles. The first-order chi connectivity index (χ1) is 28.6. The Bertz CT molecular complexity index is 2420. The number of hydrogen-bond donors (Lipinski definition) is 3. The summed E-state index contributed by atoms with van der Waals surface area (Å²) in [7, 11) is 1.82. The van der Waals surface area contributed by atoms with Gasteiger partial charge in [0.25, 0.3) is 0 Å². The molecule has 4 N–H and O–H groups in total. The molecule has 3 atom stereocenters. The molecule has 0 saturated carbocycles. The van der Waals surface area contributed by atoms with Crippen LogP contribution in [0, 0.1) is 5.82 Å². The number of nitrogens with zero attached hydrogens (tertiary/aromatic N) is 8. The Morgan fingerprint density at radius 2 is 1.73 bits per heavy atom. The molecule has 4 aliphatic heterocycles. The molecule has 5 aromatic rings. The van der Waals surface area contributed by atoms with Crippen molar-refractivity contribution in [3.05, 3.63) is 83.8 Å². The molecule has 0 aliphatic carbocycles. The van der Waals surface area contributed by atoms with Crippen molar-refractivity contribution in [2.75, 3.05) is 68.0 Å². The van der Waals surface area contributed by atoms with Crippen molar-refractivity contribution in [2.45, 2.75) is 50.1 Å². The molecule has 0 spiro atoms. The number of fused-ring (bicyclic) bond motifs is 3. The second kappa shape index (κ2) is 15.8. The van der Waals surface area contributed by atoms with Crippen molar-refractivity contribution in [1.29, 1.82) is 0 Å². The van der Waals surface area contributed by atoms with Gasteiger partial charge in [0.2, 0.25) is 17.7 Å². The van der Waals surface area contributed by atoms with E-state index in [1.165, 1.54) is 0 Å². The van der Waals surface area contributed by atoms with E-state index in [0.29, 0.717) is 87.3 Å². The minimum absolute atomic E-state index is 0.0413. The number of para-hydroxylation sites is 1. The lowest BCUT2D eigenvalue weighted by Gasteiger charge is -2.43. The van der Waals surface area contributed by atoms with Crippen molar-refractivity contribution in [2.24, 2.45) is 7.05 Å². The Hall–Kier alpha value is -6.29. The minimum Gasteiger partial charge on any atom is -0.507 e. The van der Waals surface area contributed by atoms with E-state index in [1.807, 2.05) is 54.4 Å². The number of aromatic hydroxyl groups is 1. The smallest absolute Gasteiger partial charge is 0.235 e. The maximum atomic E-state index is 16.2. The number of amides is 3. The summed E-state index contributed by atoms with van der Waals surface area (Å²) in [6.45, 7) is 4.74. The summed E-state index contributed by atoms with van der Waals surface area (Å²) in [6.07, 6.45) is 2.79. The zero-order valence-electron chi connectivity index (χ0n) is 32.9. The average molecular weight is 803 g/mol. The highest BCUT2D eigenvalue weighted by Crippen LogP contribution is 2.41. The first kappa shape index (κ1) is 38.2. The molecule has 4 fully saturated rings. The quantitative estimate of drug-likeness (QED) is 0.175. The highest BCUT2D eigenvalue weighted by molar-refractivity contribution is 6.02. The molecular formula is C43H47FN10O5. The number of piperidine rings is 1. The van der Waals surface area contributed by atoms with Crippen LogP contribution in [0.25, 0.3) is 22.2 Å². The maximum Gasteiger partial charge on any atom is 0.235 e. The van der Waals surface area contributed by atoms with Gasteiger partial charge >= 0.3 is 0 Å². The summed E-state index contributed by atoms with van der Waals surface area (Å²) >= 11 is 0. The number of imide groups is 1. The van der Waals surface area contributed by atoms with Crippen molar-refractivity contribution in [3.8, 4) is 22.8 Å². The van der Waals surface area contributed by atoms with E-state index in [-0.39, 0.29) is 60.0 Å². The van der Waals surface area contributed by atoms with Crippen molar-refractivity contribution in [1.82, 2.24) is 35.1 Å². The number of benzene rings is 3. The predicted octanol–water partition coefficient (Wildman–Crippen LogP) is 3.60. The number of aryl methyl sites for hydroxylation is 1. The summed E-state index contributed by atoms with van der Waals surface area (Å²) in [6, 6.07) is 20.1. The Labute approximate surface area is 340 Å². The number of nitrogen functional groups attached to an aromatic ring is 1. The Morgan fingerprint density at radius 1 is 0.949 bits per heavy atom. The van der Waals surface area contributed by atoms with Gasteiger partial charge in [-0.3, -0.25) is 29.3 Å². The number of rotatable bonds is 10. The van der Waals surface area contributed by atoms with E-state index in [1.54, 1.807) is 28.9 Å². The van der Waals surface area contributed by atoms with Crippen LogP contribution in [0.5, 0.6) is 11.5 Å². The third-order valence-electron chi connectivity index (χ3n) is 12.3. The largest absolute Gasteiger partial charge is 0.507 e. The summed E-state index contributed by atoms with van der Waals surface area (Å²) in [5.74, 6) is -0.732. The number of carbonyl (C=O) groups excluding carboxylic acids is 3. The lowest BCUT2D eigenvalue weighted by atomic mass is 9.92. The third kappa shape index (κ3) is 7.48. The first-order valence-electron chi connectivity index (χ1n) is 20.3. The molecule has 59 heavy (non-hydrogen) atoms. The van der Waals surface area contributed by atoms with Crippen LogP contribution in [-0.2, 0) is 27.9 Å². The molecule has 3 amide bonds. The third-order valence-corrected chi connectivity index (χ3v) is 12.3.